The molecule has 1 fully saturated rings. The second-order valence-electron chi connectivity index (χ2n) is 26.9. The molecule has 1 heterocycles. The summed E-state index contributed by atoms with van der Waals surface area (Å²) in [7, 11) is 9.13. The Hall–Kier alpha value is -8.89. The van der Waals surface area contributed by atoms with Crippen molar-refractivity contribution in [3.63, 3.8) is 0 Å². The van der Waals surface area contributed by atoms with E-state index in [1.807, 2.05) is 150 Å². The average Bonchev–Trinajstić information content (AvgIpc) is 0.818. The highest BCUT2D eigenvalue weighted by atomic mass is 16.3. The Labute approximate surface area is 739 Å². The van der Waals surface area contributed by atoms with Crippen LogP contribution in [0.3, 0.4) is 0 Å². The van der Waals surface area contributed by atoms with Crippen LogP contribution in [-0.2, 0) is 91.2 Å². The van der Waals surface area contributed by atoms with Crippen molar-refractivity contribution in [1.82, 2.24) is 67.1 Å². The third kappa shape index (κ3) is 120. The second kappa shape index (κ2) is 140. The molecule has 0 aliphatic carbocycles. The minimum absolute atomic E-state index is 0. The molecule has 0 aromatic heterocycles. The molecule has 6 atom stereocenters. The van der Waals surface area contributed by atoms with E-state index in [0.717, 1.165) is 61.3 Å². The summed E-state index contributed by atoms with van der Waals surface area (Å²) in [6.07, 6.45) is 9.01. The second-order valence-corrected chi connectivity index (χ2v) is 26.9. The summed E-state index contributed by atoms with van der Waals surface area (Å²) in [5.41, 5.74) is 17.2. The Morgan fingerprint density at radius 1 is 0.397 bits per heavy atom. The molecule has 0 saturated carbocycles. The number of aliphatic hydroxyl groups excluding tert-OH is 1. The Kier molecular flexibility index (Phi) is 202. The number of nitrogens with two attached hydrogens (primary N) is 3. The normalized spacial score (nSPS) is 10.4. The van der Waals surface area contributed by atoms with E-state index < -0.39 is 53.8 Å². The van der Waals surface area contributed by atoms with E-state index >= 15 is 0 Å². The Morgan fingerprint density at radius 2 is 0.653 bits per heavy atom. The fraction of sp³-hybridized carbons (Fsp3) is 0.633. The number of likely N-dealkylation sites (tertiary alicyclic amines) is 1. The van der Waals surface area contributed by atoms with Crippen LogP contribution >= 0.6 is 0 Å². The first-order valence-corrected chi connectivity index (χ1v) is 39.3. The van der Waals surface area contributed by atoms with Crippen LogP contribution in [0, 0.1) is 41.4 Å². The van der Waals surface area contributed by atoms with Crippen LogP contribution in [0.2, 0.25) is 0 Å². The van der Waals surface area contributed by atoms with E-state index in [4.69, 9.17) is 48.3 Å². The molecule has 0 unspecified atom stereocenters. The Bertz CT molecular complexity index is 2350. The van der Waals surface area contributed by atoms with Crippen molar-refractivity contribution in [2.24, 2.45) is 58.6 Å². The van der Waals surface area contributed by atoms with Gasteiger partial charge in [0.25, 0.3) is 0 Å². The molecular weight excluding hydrogens is 1550 g/mol. The number of amides is 6. The molecule has 27 N–H and O–H groups in total. The lowest BCUT2D eigenvalue weighted by Gasteiger charge is -2.37. The van der Waals surface area contributed by atoms with Gasteiger partial charge in [0, 0.05) is 53.7 Å². The van der Waals surface area contributed by atoms with Gasteiger partial charge in [-0.2, -0.15) is 0 Å². The van der Waals surface area contributed by atoms with Crippen LogP contribution in [0.1, 0.15) is 242 Å². The van der Waals surface area contributed by atoms with Gasteiger partial charge in [-0.05, 0) is 139 Å². The largest absolute Gasteiger partial charge is 0.394 e. The summed E-state index contributed by atoms with van der Waals surface area (Å²) in [6, 6.07) is 25.9. The number of benzene rings is 3. The molecule has 1 aliphatic rings. The van der Waals surface area contributed by atoms with Gasteiger partial charge in [-0.1, -0.05) is 263 Å². The number of piperidine rings is 1. The van der Waals surface area contributed by atoms with Crippen LogP contribution in [0.25, 0.3) is 0 Å². The molecule has 1 saturated heterocycles. The molecule has 6 amide bonds. The summed E-state index contributed by atoms with van der Waals surface area (Å²) >= 11 is 0. The number of hydrogen-bond donors (Lipinski definition) is 12. The predicted octanol–water partition coefficient (Wildman–Crippen LogP) is 14.9. The number of aliphatic hydroxyl groups is 1. The average molecular weight is 1740 g/mol. The van der Waals surface area contributed by atoms with Gasteiger partial charge in [-0.3, -0.25) is 28.8 Å². The van der Waals surface area contributed by atoms with E-state index in [1.165, 1.54) is 73.8 Å². The molecule has 31 nitrogen and oxygen atoms in total. The van der Waals surface area contributed by atoms with Crippen LogP contribution in [0.5, 0.6) is 0 Å². The smallest absolute Gasteiger partial charge is 0.245 e. The minimum Gasteiger partial charge on any atom is -0.394 e. The fourth-order valence-corrected chi connectivity index (χ4v) is 7.81. The SMILES string of the molecule is C=O.C=O.C=O.C=O.C=O.C=O.C=O.C=O.C=O.CC.CC(C)C.CC(C)C.CC(C)O.CCC(C)C.CCC(C)C.CC[C@H](C)[C@H](NC(=O)[C@H](CC(C)C)N(C)C(=O)[C@H](C)N(C)C(=O)[C@@H](NC(=O)[C@H](Cc1ccccc1)N(C)C(C)=O)C(C)C)C(=O)N1CCCCC1.CCc1ccccc1.CCc1ccccc1.CN.CN.CN.N.N.N.N.N.N. The van der Waals surface area contributed by atoms with Crippen molar-refractivity contribution < 1.29 is 77.0 Å². The zero-order chi connectivity index (χ0) is 95.5. The van der Waals surface area contributed by atoms with Gasteiger partial charge in [-0.15, -0.1) is 0 Å². The number of carbonyl (C=O) groups is 15. The van der Waals surface area contributed by atoms with Crippen LogP contribution in [0.4, 0.5) is 0 Å². The number of carbonyl (C=O) groups excluding carboxylic acids is 15. The molecule has 1 aliphatic heterocycles. The number of nitrogens with one attached hydrogen (secondary N) is 2. The Balaban J connectivity index is -0.0000000532. The highest BCUT2D eigenvalue weighted by molar-refractivity contribution is 5.96. The fourth-order valence-electron chi connectivity index (χ4n) is 7.81. The van der Waals surface area contributed by atoms with E-state index in [-0.39, 0.29) is 79.0 Å². The monoisotopic (exact) mass is 1740 g/mol. The predicted molar refractivity (Wildman–Crippen MR) is 515 cm³/mol. The van der Waals surface area contributed by atoms with Crippen molar-refractivity contribution in [3.05, 3.63) is 108 Å². The zero-order valence-corrected chi connectivity index (χ0v) is 82.8. The molecule has 3 aromatic carbocycles. The molecule has 31 heteroatoms. The summed E-state index contributed by atoms with van der Waals surface area (Å²) in [5.74, 6) is 0.898. The highest BCUT2D eigenvalue weighted by Crippen LogP contribution is 2.20. The number of nitrogens with zero attached hydrogens (tertiary/aromatic N) is 4. The van der Waals surface area contributed by atoms with Gasteiger partial charge in [0.2, 0.25) is 35.4 Å². The van der Waals surface area contributed by atoms with Crippen LogP contribution < -0.4 is 64.7 Å². The maximum Gasteiger partial charge on any atom is 0.245 e. The van der Waals surface area contributed by atoms with Crippen molar-refractivity contribution in [1.29, 1.82) is 0 Å². The van der Waals surface area contributed by atoms with Crippen molar-refractivity contribution in [3.8, 4) is 0 Å². The standard InChI is InChI=1S/C39H64N6O6.2C8H10.2C5H12.2C4H10.C3H8O.C2H6.3CH5N.9CH2O.6H3N/c1-12-27(6)34(39(51)45-21-17-14-18-22-45)41-35(47)31(23-25(2)3)44(11)37(49)28(7)42(9)38(50)33(26(4)5)40-36(48)32(43(10)29(8)46)24-30-19-15-13-16-20-30;2*1-2-8-6-4-3-5-7-8;2*1-4-5(2)3;2*1-4(2)3;1-3(2)4;13*1-2;;;;;;/h13,15-16,19-20,25-28,31-34H,12,14,17-18,21-24H2,1-11H3,(H,40,48)(H,41,47);2*3-7H,2H2,1H3;2*5H,4H2,1-3H3;2*4H,1-3H3;3-4H,1-2H3;1-2H3;3*2H2,1H3;9*1H2;6*1H3/t27-,28-,31-,32-,33-,34-;;;;;;;;;;;;;;;;;;;;;;;;;;/m0........................../s1. The third-order valence-electron chi connectivity index (χ3n) is 14.4. The lowest BCUT2D eigenvalue weighted by atomic mass is 9.95. The number of aryl methyl sites for hydroxylation is 2. The first-order chi connectivity index (χ1) is 54.5. The molecule has 724 valence electrons. The topological polar surface area (TPSA) is 601 Å². The molecule has 0 radical (unpaired) electrons. The summed E-state index contributed by atoms with van der Waals surface area (Å²) in [6.45, 7) is 71.9. The van der Waals surface area contributed by atoms with Crippen molar-refractivity contribution in [2.75, 3.05) is 55.4 Å². The lowest BCUT2D eigenvalue weighted by molar-refractivity contribution is -0.150. The van der Waals surface area contributed by atoms with Crippen molar-refractivity contribution in [2.45, 2.75) is 281 Å². The molecule has 3 aromatic rings. The first-order valence-electron chi connectivity index (χ1n) is 39.3. The van der Waals surface area contributed by atoms with E-state index in [2.05, 4.69) is 173 Å². The first kappa shape index (κ1) is 174. The van der Waals surface area contributed by atoms with Crippen LogP contribution in [0.15, 0.2) is 91.0 Å². The van der Waals surface area contributed by atoms with E-state index in [1.54, 1.807) is 48.7 Å². The quantitative estimate of drug-likeness (QED) is 0.0471. The van der Waals surface area contributed by atoms with Gasteiger partial charge in [0.05, 0.1) is 0 Å². The summed E-state index contributed by atoms with van der Waals surface area (Å²) in [5, 5.41) is 13.9. The van der Waals surface area contributed by atoms with Crippen molar-refractivity contribution >= 4 is 96.5 Å². The number of rotatable bonds is 21. The van der Waals surface area contributed by atoms with E-state index in [0.29, 0.717) is 25.9 Å². The molecule has 121 heavy (non-hydrogen) atoms. The molecule has 0 spiro atoms. The molecule has 4 rings (SSSR count). The summed E-state index contributed by atoms with van der Waals surface area (Å²) in [4.78, 5) is 159. The van der Waals surface area contributed by atoms with Gasteiger partial charge in [-0.25, -0.2) is 0 Å². The minimum atomic E-state index is -0.978. The maximum absolute atomic E-state index is 14.0. The van der Waals surface area contributed by atoms with Gasteiger partial charge in [0.1, 0.15) is 91.3 Å². The Morgan fingerprint density at radius 3 is 0.876 bits per heavy atom. The molecular formula is C90H193N15O16. The van der Waals surface area contributed by atoms with Crippen LogP contribution in [-0.4, -0.2) is 213 Å². The maximum atomic E-state index is 14.0. The van der Waals surface area contributed by atoms with E-state index in [9.17, 15) is 28.8 Å². The number of likely N-dealkylation sites (N-methyl/N-ethyl adjacent to an activating group) is 3. The number of hydrogen-bond acceptors (Lipinski definition) is 25. The summed E-state index contributed by atoms with van der Waals surface area (Å²) < 4.78 is 0. The van der Waals surface area contributed by atoms with Gasteiger partial charge < -0.3 is 133 Å². The van der Waals surface area contributed by atoms with Gasteiger partial charge >= 0.3 is 0 Å². The molecule has 0 bridgehead atoms. The zero-order valence-electron chi connectivity index (χ0n) is 82.8. The third-order valence-corrected chi connectivity index (χ3v) is 14.4. The highest BCUT2D eigenvalue weighted by Gasteiger charge is 2.39. The lowest BCUT2D eigenvalue weighted by Crippen LogP contribution is -2.60. The van der Waals surface area contributed by atoms with Gasteiger partial charge in [0.15, 0.2) is 0 Å².